The van der Waals surface area contributed by atoms with E-state index >= 15 is 0 Å². The van der Waals surface area contributed by atoms with Crippen LogP contribution in [0.4, 0.5) is 18.9 Å². The van der Waals surface area contributed by atoms with E-state index in [1.165, 1.54) is 0 Å². The van der Waals surface area contributed by atoms with E-state index in [4.69, 9.17) is 5.11 Å². The Morgan fingerprint density at radius 2 is 1.67 bits per heavy atom. The number of anilines is 1. The first-order valence-electron chi connectivity index (χ1n) is 8.04. The Hall–Kier alpha value is -3.10. The molecule has 0 atom stereocenters. The molecule has 0 fully saturated rings. The molecule has 0 aromatic heterocycles. The van der Waals surface area contributed by atoms with Crippen molar-refractivity contribution in [1.82, 2.24) is 5.32 Å². The topological polar surface area (TPSA) is 95.5 Å². The number of halogens is 3. The maximum atomic E-state index is 12.2. The van der Waals surface area contributed by atoms with Crippen LogP contribution in [0, 0.1) is 0 Å². The van der Waals surface area contributed by atoms with Gasteiger partial charge in [0.15, 0.2) is 0 Å². The largest absolute Gasteiger partial charge is 0.481 e. The quantitative estimate of drug-likeness (QED) is 0.685. The average Bonchev–Trinajstić information content (AvgIpc) is 2.58. The van der Waals surface area contributed by atoms with Gasteiger partial charge in [-0.15, -0.1) is 0 Å². The molecular formula is C18H17F3N2O4. The van der Waals surface area contributed by atoms with Gasteiger partial charge in [-0.25, -0.2) is 0 Å². The third-order valence-corrected chi connectivity index (χ3v) is 3.69. The number of carbonyl (C=O) groups is 3. The number of carboxylic acids is 1. The SMILES string of the molecule is O=C(O)CCCC(=O)Nc1ccc2ccc(CNC(=O)C(F)(F)F)cc2c1. The maximum absolute atomic E-state index is 12.2. The number of nitrogens with one attached hydrogen (secondary N) is 2. The predicted octanol–water partition coefficient (Wildman–Crippen LogP) is 3.21. The molecule has 0 saturated carbocycles. The summed E-state index contributed by atoms with van der Waals surface area (Å²) in [6, 6.07) is 9.97. The van der Waals surface area contributed by atoms with Crippen molar-refractivity contribution in [2.75, 3.05) is 5.32 Å². The molecule has 2 amide bonds. The highest BCUT2D eigenvalue weighted by Gasteiger charge is 2.38. The van der Waals surface area contributed by atoms with E-state index in [0.717, 1.165) is 5.39 Å². The number of fused-ring (bicyclic) bond motifs is 1. The summed E-state index contributed by atoms with van der Waals surface area (Å²) in [6.45, 7) is -0.278. The molecule has 0 aliphatic heterocycles. The number of hydrogen-bond donors (Lipinski definition) is 3. The Kier molecular flexibility index (Phi) is 6.38. The van der Waals surface area contributed by atoms with Crippen LogP contribution in [0.2, 0.25) is 0 Å². The summed E-state index contributed by atoms with van der Waals surface area (Å²) in [7, 11) is 0. The highest BCUT2D eigenvalue weighted by molar-refractivity contribution is 5.94. The number of amides is 2. The molecule has 27 heavy (non-hydrogen) atoms. The Morgan fingerprint density at radius 1 is 0.963 bits per heavy atom. The minimum absolute atomic E-state index is 0.0633. The lowest BCUT2D eigenvalue weighted by Gasteiger charge is -2.10. The van der Waals surface area contributed by atoms with E-state index < -0.39 is 18.1 Å². The lowest BCUT2D eigenvalue weighted by Crippen LogP contribution is -2.36. The summed E-state index contributed by atoms with van der Waals surface area (Å²) >= 11 is 0. The normalized spacial score (nSPS) is 11.2. The van der Waals surface area contributed by atoms with Crippen LogP contribution in [0.25, 0.3) is 10.8 Å². The molecule has 0 bridgehead atoms. The first kappa shape index (κ1) is 20.2. The second-order valence-corrected chi connectivity index (χ2v) is 5.87. The van der Waals surface area contributed by atoms with Crippen molar-refractivity contribution in [1.29, 1.82) is 0 Å². The Labute approximate surface area is 152 Å². The van der Waals surface area contributed by atoms with Crippen LogP contribution in [-0.2, 0) is 20.9 Å². The number of hydrogen-bond acceptors (Lipinski definition) is 3. The Morgan fingerprint density at radius 3 is 2.33 bits per heavy atom. The molecule has 0 heterocycles. The van der Waals surface area contributed by atoms with E-state index in [2.05, 4.69) is 5.32 Å². The van der Waals surface area contributed by atoms with Gasteiger partial charge in [0.25, 0.3) is 0 Å². The second-order valence-electron chi connectivity index (χ2n) is 5.87. The van der Waals surface area contributed by atoms with E-state index in [0.29, 0.717) is 16.6 Å². The van der Waals surface area contributed by atoms with Crippen LogP contribution >= 0.6 is 0 Å². The molecule has 9 heteroatoms. The molecule has 0 saturated heterocycles. The minimum Gasteiger partial charge on any atom is -0.481 e. The standard InChI is InChI=1S/C18H17F3N2O4/c19-18(20,21)17(27)22-10-11-4-5-12-6-7-14(9-13(12)8-11)23-15(24)2-1-3-16(25)26/h4-9H,1-3,10H2,(H,22,27)(H,23,24)(H,25,26). The molecule has 0 unspecified atom stereocenters. The summed E-state index contributed by atoms with van der Waals surface area (Å²) in [5.41, 5.74) is 0.962. The van der Waals surface area contributed by atoms with Gasteiger partial charge in [-0.2, -0.15) is 13.2 Å². The molecule has 6 nitrogen and oxygen atoms in total. The number of carboxylic acid groups (broad SMARTS) is 1. The van der Waals surface area contributed by atoms with E-state index in [-0.39, 0.29) is 31.7 Å². The van der Waals surface area contributed by atoms with Crippen LogP contribution in [0.1, 0.15) is 24.8 Å². The fraction of sp³-hybridized carbons (Fsp3) is 0.278. The van der Waals surface area contributed by atoms with Crippen LogP contribution in [0.15, 0.2) is 36.4 Å². The number of carbonyl (C=O) groups excluding carboxylic acids is 2. The molecule has 144 valence electrons. The van der Waals surface area contributed by atoms with Crippen molar-refractivity contribution in [3.8, 4) is 0 Å². The van der Waals surface area contributed by atoms with Crippen LogP contribution in [0.3, 0.4) is 0 Å². The predicted molar refractivity (Wildman–Crippen MR) is 92.0 cm³/mol. The fourth-order valence-corrected chi connectivity index (χ4v) is 2.39. The summed E-state index contributed by atoms with van der Waals surface area (Å²) < 4.78 is 36.7. The maximum Gasteiger partial charge on any atom is 0.471 e. The molecule has 2 rings (SSSR count). The van der Waals surface area contributed by atoms with Gasteiger partial charge in [0.1, 0.15) is 0 Å². The summed E-state index contributed by atoms with van der Waals surface area (Å²) in [6.07, 6.45) is -4.75. The van der Waals surface area contributed by atoms with Crippen molar-refractivity contribution < 1.29 is 32.7 Å². The van der Waals surface area contributed by atoms with E-state index in [1.54, 1.807) is 41.7 Å². The monoisotopic (exact) mass is 382 g/mol. The van der Waals surface area contributed by atoms with Crippen molar-refractivity contribution in [3.05, 3.63) is 42.0 Å². The first-order valence-corrected chi connectivity index (χ1v) is 8.04. The third-order valence-electron chi connectivity index (χ3n) is 3.69. The van der Waals surface area contributed by atoms with Gasteiger partial charge in [0, 0.05) is 25.1 Å². The number of aliphatic carboxylic acids is 1. The Balaban J connectivity index is 2.03. The Bertz CT molecular complexity index is 865. The fourth-order valence-electron chi connectivity index (χ4n) is 2.39. The number of rotatable bonds is 7. The van der Waals surface area contributed by atoms with Crippen molar-refractivity contribution in [2.45, 2.75) is 32.0 Å². The number of alkyl halides is 3. The van der Waals surface area contributed by atoms with Crippen LogP contribution in [0.5, 0.6) is 0 Å². The van der Waals surface area contributed by atoms with Gasteiger partial charge in [0.05, 0.1) is 0 Å². The van der Waals surface area contributed by atoms with Gasteiger partial charge in [-0.3, -0.25) is 14.4 Å². The van der Waals surface area contributed by atoms with E-state index in [1.807, 2.05) is 0 Å². The van der Waals surface area contributed by atoms with Crippen LogP contribution in [-0.4, -0.2) is 29.1 Å². The zero-order valence-corrected chi connectivity index (χ0v) is 14.1. The second kappa shape index (κ2) is 8.52. The van der Waals surface area contributed by atoms with Crippen molar-refractivity contribution in [2.24, 2.45) is 0 Å². The zero-order chi connectivity index (χ0) is 20.0. The van der Waals surface area contributed by atoms with Gasteiger partial charge in [0.2, 0.25) is 5.91 Å². The zero-order valence-electron chi connectivity index (χ0n) is 14.1. The molecule has 0 aliphatic carbocycles. The van der Waals surface area contributed by atoms with Crippen molar-refractivity contribution in [3.63, 3.8) is 0 Å². The smallest absolute Gasteiger partial charge is 0.471 e. The summed E-state index contributed by atoms with van der Waals surface area (Å²) in [5, 5.41) is 14.5. The summed E-state index contributed by atoms with van der Waals surface area (Å²) in [4.78, 5) is 33.1. The molecule has 3 N–H and O–H groups in total. The highest BCUT2D eigenvalue weighted by atomic mass is 19.4. The minimum atomic E-state index is -4.94. The van der Waals surface area contributed by atoms with E-state index in [9.17, 15) is 27.6 Å². The third kappa shape index (κ3) is 6.28. The van der Waals surface area contributed by atoms with Gasteiger partial charge in [-0.1, -0.05) is 18.2 Å². The molecule has 0 spiro atoms. The average molecular weight is 382 g/mol. The molecule has 0 aliphatic rings. The molecule has 0 radical (unpaired) electrons. The molecule has 2 aromatic rings. The lowest BCUT2D eigenvalue weighted by molar-refractivity contribution is -0.173. The van der Waals surface area contributed by atoms with Gasteiger partial charge >= 0.3 is 18.1 Å². The van der Waals surface area contributed by atoms with Crippen molar-refractivity contribution >= 4 is 34.2 Å². The van der Waals surface area contributed by atoms with Gasteiger partial charge < -0.3 is 15.7 Å². The molecular weight excluding hydrogens is 365 g/mol. The van der Waals surface area contributed by atoms with Gasteiger partial charge in [-0.05, 0) is 41.0 Å². The summed E-state index contributed by atoms with van der Waals surface area (Å²) in [5.74, 6) is -3.31. The number of benzene rings is 2. The first-order chi connectivity index (χ1) is 12.6. The highest BCUT2D eigenvalue weighted by Crippen LogP contribution is 2.21. The molecule has 2 aromatic carbocycles. The van der Waals surface area contributed by atoms with Crippen LogP contribution < -0.4 is 10.6 Å². The lowest BCUT2D eigenvalue weighted by atomic mass is 10.1.